The molecular weight excluding hydrogens is 342 g/mol. The number of carbonyl (C=O) groups excluding carboxylic acids is 1. The van der Waals surface area contributed by atoms with Crippen molar-refractivity contribution in [2.24, 2.45) is 7.05 Å². The molecule has 0 saturated heterocycles. The Balaban J connectivity index is 1.67. The third-order valence-corrected chi connectivity index (χ3v) is 4.41. The van der Waals surface area contributed by atoms with Crippen molar-refractivity contribution in [1.29, 1.82) is 0 Å². The van der Waals surface area contributed by atoms with Crippen LogP contribution in [0.2, 0.25) is 0 Å². The molecule has 0 N–H and O–H groups in total. The summed E-state index contributed by atoms with van der Waals surface area (Å²) in [7, 11) is 1.83. The van der Waals surface area contributed by atoms with Crippen molar-refractivity contribution in [2.45, 2.75) is 17.8 Å². The minimum Gasteiger partial charge on any atom is -0.464 e. The van der Waals surface area contributed by atoms with Crippen molar-refractivity contribution < 1.29 is 13.9 Å². The van der Waals surface area contributed by atoms with E-state index in [-0.39, 0.29) is 5.75 Å². The number of nitrogens with zero attached hydrogens (tertiary/aromatic N) is 3. The summed E-state index contributed by atoms with van der Waals surface area (Å²) in [6.07, 6.45) is 2.74. The molecule has 0 atom stereocenters. The van der Waals surface area contributed by atoms with Crippen molar-refractivity contribution >= 4 is 17.7 Å². The Morgan fingerprint density at radius 3 is 2.72 bits per heavy atom. The number of benzene rings is 1. The van der Waals surface area contributed by atoms with E-state index in [0.717, 1.165) is 11.8 Å². The molecule has 2 aromatic heterocycles. The van der Waals surface area contributed by atoms with Gasteiger partial charge >= 0.3 is 5.97 Å². The number of thioether (sulfide) groups is 1. The number of carbonyl (C=O) groups is 1. The first-order valence-corrected chi connectivity index (χ1v) is 8.39. The molecule has 3 rings (SSSR count). The third kappa shape index (κ3) is 4.16. The predicted octanol–water partition coefficient (Wildman–Crippen LogP) is 2.59. The average Bonchev–Trinajstić information content (AvgIpc) is 3.01. The van der Waals surface area contributed by atoms with Crippen LogP contribution in [0.1, 0.15) is 21.7 Å². The summed E-state index contributed by atoms with van der Waals surface area (Å²) in [5.41, 5.74) is 0.980. The molecular formula is C17H15N3O4S. The lowest BCUT2D eigenvalue weighted by molar-refractivity contribution is 0.0729. The zero-order valence-electron chi connectivity index (χ0n) is 13.6. The summed E-state index contributed by atoms with van der Waals surface area (Å²) in [4.78, 5) is 24.2. The Morgan fingerprint density at radius 1 is 1.32 bits per heavy atom. The van der Waals surface area contributed by atoms with E-state index >= 15 is 0 Å². The lowest BCUT2D eigenvalue weighted by Crippen LogP contribution is -2.14. The smallest absolute Gasteiger partial charge is 0.343 e. The van der Waals surface area contributed by atoms with Crippen LogP contribution in [0.15, 0.2) is 57.3 Å². The van der Waals surface area contributed by atoms with E-state index in [4.69, 9.17) is 9.15 Å². The molecule has 0 fully saturated rings. The summed E-state index contributed by atoms with van der Waals surface area (Å²) < 4.78 is 12.3. The van der Waals surface area contributed by atoms with Gasteiger partial charge in [0.25, 0.3) is 0 Å². The van der Waals surface area contributed by atoms with Gasteiger partial charge in [-0.2, -0.15) is 0 Å². The SMILES string of the molecule is Cc1ccc(C(=O)Oc2coc(CSc3nncn3C)cc2=O)cc1. The minimum atomic E-state index is -0.603. The van der Waals surface area contributed by atoms with Gasteiger partial charge in [0.1, 0.15) is 18.4 Å². The first-order chi connectivity index (χ1) is 12.0. The molecule has 25 heavy (non-hydrogen) atoms. The van der Waals surface area contributed by atoms with Gasteiger partial charge < -0.3 is 13.7 Å². The standard InChI is InChI=1S/C17H15N3O4S/c1-11-3-5-12(6-4-11)16(22)24-15-8-23-13(7-14(15)21)9-25-17-19-18-10-20(17)2/h3-8,10H,9H2,1-2H3. The number of hydrogen-bond acceptors (Lipinski definition) is 7. The Hall–Kier alpha value is -2.87. The molecule has 3 aromatic rings. The molecule has 0 bridgehead atoms. The third-order valence-electron chi connectivity index (χ3n) is 3.36. The van der Waals surface area contributed by atoms with Gasteiger partial charge in [-0.1, -0.05) is 29.5 Å². The number of aryl methyl sites for hydroxylation is 2. The second-order valence-electron chi connectivity index (χ2n) is 5.34. The Kier molecular flexibility index (Phi) is 4.99. The Bertz CT molecular complexity index is 947. The number of rotatable bonds is 5. The van der Waals surface area contributed by atoms with E-state index in [1.54, 1.807) is 35.2 Å². The van der Waals surface area contributed by atoms with Crippen LogP contribution < -0.4 is 10.2 Å². The van der Waals surface area contributed by atoms with Gasteiger partial charge in [0.15, 0.2) is 5.16 Å². The molecule has 0 spiro atoms. The summed E-state index contributed by atoms with van der Waals surface area (Å²) in [5, 5.41) is 8.42. The largest absolute Gasteiger partial charge is 0.464 e. The second-order valence-corrected chi connectivity index (χ2v) is 6.29. The van der Waals surface area contributed by atoms with Gasteiger partial charge in [-0.15, -0.1) is 10.2 Å². The first kappa shape index (κ1) is 17.0. The van der Waals surface area contributed by atoms with Crippen LogP contribution >= 0.6 is 11.8 Å². The monoisotopic (exact) mass is 357 g/mol. The van der Waals surface area contributed by atoms with E-state index in [1.165, 1.54) is 17.8 Å². The zero-order valence-corrected chi connectivity index (χ0v) is 14.4. The minimum absolute atomic E-state index is 0.141. The van der Waals surface area contributed by atoms with Gasteiger partial charge in [-0.05, 0) is 19.1 Å². The summed E-state index contributed by atoms with van der Waals surface area (Å²) in [6.45, 7) is 1.92. The molecule has 0 radical (unpaired) electrons. The van der Waals surface area contributed by atoms with Gasteiger partial charge in [0, 0.05) is 13.1 Å². The molecule has 0 saturated carbocycles. The van der Waals surface area contributed by atoms with Gasteiger partial charge in [-0.3, -0.25) is 4.79 Å². The average molecular weight is 357 g/mol. The number of aromatic nitrogens is 3. The zero-order chi connectivity index (χ0) is 17.8. The van der Waals surface area contributed by atoms with Crippen molar-refractivity contribution in [3.05, 3.63) is 70.0 Å². The molecule has 0 amide bonds. The van der Waals surface area contributed by atoms with Crippen molar-refractivity contribution in [1.82, 2.24) is 14.8 Å². The van der Waals surface area contributed by atoms with Crippen LogP contribution in [0, 0.1) is 6.92 Å². The van der Waals surface area contributed by atoms with Gasteiger partial charge in [-0.25, -0.2) is 4.79 Å². The van der Waals surface area contributed by atoms with Crippen LogP contribution in [0.5, 0.6) is 5.75 Å². The van der Waals surface area contributed by atoms with Crippen molar-refractivity contribution in [2.75, 3.05) is 0 Å². The fourth-order valence-corrected chi connectivity index (χ4v) is 2.75. The van der Waals surface area contributed by atoms with E-state index in [1.807, 2.05) is 14.0 Å². The molecule has 1 aromatic carbocycles. The topological polar surface area (TPSA) is 87.2 Å². The first-order valence-electron chi connectivity index (χ1n) is 7.40. The van der Waals surface area contributed by atoms with Crippen molar-refractivity contribution in [3.8, 4) is 5.75 Å². The van der Waals surface area contributed by atoms with Crippen LogP contribution in [0.4, 0.5) is 0 Å². The van der Waals surface area contributed by atoms with Crippen molar-refractivity contribution in [3.63, 3.8) is 0 Å². The molecule has 0 aliphatic rings. The quantitative estimate of drug-likeness (QED) is 0.512. The molecule has 2 heterocycles. The fourth-order valence-electron chi connectivity index (χ4n) is 1.98. The maximum absolute atomic E-state index is 12.1. The van der Waals surface area contributed by atoms with E-state index in [9.17, 15) is 9.59 Å². The van der Waals surface area contributed by atoms with Gasteiger partial charge in [0.05, 0.1) is 11.3 Å². The molecule has 8 heteroatoms. The number of esters is 1. The highest BCUT2D eigenvalue weighted by molar-refractivity contribution is 7.98. The van der Waals surface area contributed by atoms with Crippen LogP contribution in [-0.4, -0.2) is 20.7 Å². The molecule has 0 unspecified atom stereocenters. The van der Waals surface area contributed by atoms with E-state index in [2.05, 4.69) is 10.2 Å². The second kappa shape index (κ2) is 7.35. The van der Waals surface area contributed by atoms with Crippen LogP contribution in [0.25, 0.3) is 0 Å². The molecule has 7 nitrogen and oxygen atoms in total. The van der Waals surface area contributed by atoms with E-state index in [0.29, 0.717) is 22.2 Å². The Morgan fingerprint density at radius 2 is 2.08 bits per heavy atom. The molecule has 128 valence electrons. The van der Waals surface area contributed by atoms with Crippen LogP contribution in [-0.2, 0) is 12.8 Å². The molecule has 0 aliphatic heterocycles. The number of hydrogen-bond donors (Lipinski definition) is 0. The van der Waals surface area contributed by atoms with E-state index < -0.39 is 11.4 Å². The normalized spacial score (nSPS) is 10.6. The maximum Gasteiger partial charge on any atom is 0.343 e. The lowest BCUT2D eigenvalue weighted by atomic mass is 10.1. The summed E-state index contributed by atoms with van der Waals surface area (Å²) in [5.74, 6) is 0.119. The van der Waals surface area contributed by atoms with Gasteiger partial charge in [0.2, 0.25) is 11.2 Å². The highest BCUT2D eigenvalue weighted by Gasteiger charge is 2.13. The highest BCUT2D eigenvalue weighted by Crippen LogP contribution is 2.20. The Labute approximate surface area is 147 Å². The summed E-state index contributed by atoms with van der Waals surface area (Å²) >= 11 is 1.38. The number of ether oxygens (including phenoxy) is 1. The highest BCUT2D eigenvalue weighted by atomic mass is 32.2. The lowest BCUT2D eigenvalue weighted by Gasteiger charge is -2.05. The summed E-state index contributed by atoms with van der Waals surface area (Å²) in [6, 6.07) is 8.19. The predicted molar refractivity (Wildman–Crippen MR) is 91.7 cm³/mol. The van der Waals surface area contributed by atoms with Crippen LogP contribution in [0.3, 0.4) is 0 Å². The maximum atomic E-state index is 12.1. The molecule has 0 aliphatic carbocycles. The fraction of sp³-hybridized carbons (Fsp3) is 0.176.